The third-order valence-corrected chi connectivity index (χ3v) is 3.70. The van der Waals surface area contributed by atoms with Crippen molar-refractivity contribution in [2.45, 2.75) is 50.5 Å². The number of aldehydes is 1. The average molecular weight is 232 g/mol. The lowest BCUT2D eigenvalue weighted by Crippen LogP contribution is -2.28. The van der Waals surface area contributed by atoms with Gasteiger partial charge in [0.15, 0.2) is 0 Å². The van der Waals surface area contributed by atoms with Crippen LogP contribution < -0.4 is 0 Å². The van der Waals surface area contributed by atoms with Crippen LogP contribution in [0.1, 0.15) is 49.7 Å². The summed E-state index contributed by atoms with van der Waals surface area (Å²) in [4.78, 5) is 10.5. The first-order valence-electron chi connectivity index (χ1n) is 6.36. The lowest BCUT2D eigenvalue weighted by Gasteiger charge is -2.31. The van der Waals surface area contributed by atoms with Gasteiger partial charge < -0.3 is 9.90 Å². The van der Waals surface area contributed by atoms with E-state index in [0.29, 0.717) is 12.3 Å². The third-order valence-electron chi connectivity index (χ3n) is 3.70. The molecule has 1 aromatic carbocycles. The molecule has 2 nitrogen and oxygen atoms in total. The zero-order valence-electron chi connectivity index (χ0n) is 10.4. The van der Waals surface area contributed by atoms with Crippen molar-refractivity contribution in [3.8, 4) is 0 Å². The van der Waals surface area contributed by atoms with E-state index in [0.717, 1.165) is 19.1 Å². The lowest BCUT2D eigenvalue weighted by atomic mass is 9.77. The Bertz CT molecular complexity index is 396. The summed E-state index contributed by atoms with van der Waals surface area (Å²) in [5.41, 5.74) is 1.91. The van der Waals surface area contributed by atoms with E-state index in [1.54, 1.807) is 6.92 Å². The van der Waals surface area contributed by atoms with Crippen LogP contribution in [0.15, 0.2) is 24.3 Å². The number of hydrogen-bond acceptors (Lipinski definition) is 2. The minimum atomic E-state index is -0.864. The molecule has 0 fully saturated rings. The summed E-state index contributed by atoms with van der Waals surface area (Å²) in [5.74, 6) is 0.398. The quantitative estimate of drug-likeness (QED) is 0.810. The van der Waals surface area contributed by atoms with Crippen molar-refractivity contribution < 1.29 is 9.90 Å². The maximum absolute atomic E-state index is 10.5. The number of rotatable bonds is 4. The Hall–Kier alpha value is -1.15. The molecule has 0 heterocycles. The fourth-order valence-corrected chi connectivity index (χ4v) is 2.86. The zero-order valence-corrected chi connectivity index (χ0v) is 10.4. The van der Waals surface area contributed by atoms with Gasteiger partial charge in [-0.15, -0.1) is 0 Å². The molecular weight excluding hydrogens is 212 g/mol. The number of benzene rings is 1. The van der Waals surface area contributed by atoms with Gasteiger partial charge in [-0.05, 0) is 49.7 Å². The zero-order chi connectivity index (χ0) is 12.3. The van der Waals surface area contributed by atoms with E-state index in [1.165, 1.54) is 17.5 Å². The molecule has 1 aliphatic carbocycles. The molecule has 0 radical (unpaired) electrons. The summed E-state index contributed by atoms with van der Waals surface area (Å²) in [6, 6.07) is 8.47. The molecule has 92 valence electrons. The van der Waals surface area contributed by atoms with E-state index in [4.69, 9.17) is 0 Å². The van der Waals surface area contributed by atoms with Gasteiger partial charge in [0.25, 0.3) is 0 Å². The molecule has 2 atom stereocenters. The van der Waals surface area contributed by atoms with Gasteiger partial charge in [0, 0.05) is 6.42 Å². The predicted molar refractivity (Wildman–Crippen MR) is 68.0 cm³/mol. The summed E-state index contributed by atoms with van der Waals surface area (Å²) in [6.45, 7) is 1.76. The average Bonchev–Trinajstić information content (AvgIpc) is 2.29. The first-order valence-corrected chi connectivity index (χ1v) is 6.36. The Morgan fingerprint density at radius 2 is 2.24 bits per heavy atom. The molecule has 0 spiro atoms. The minimum absolute atomic E-state index is 0.228. The number of aryl methyl sites for hydroxylation is 1. The van der Waals surface area contributed by atoms with Crippen LogP contribution in [0.2, 0.25) is 0 Å². The van der Waals surface area contributed by atoms with Gasteiger partial charge in [-0.2, -0.15) is 0 Å². The minimum Gasteiger partial charge on any atom is -0.390 e. The van der Waals surface area contributed by atoms with Crippen molar-refractivity contribution in [1.29, 1.82) is 0 Å². The van der Waals surface area contributed by atoms with E-state index in [2.05, 4.69) is 24.3 Å². The summed E-state index contributed by atoms with van der Waals surface area (Å²) >= 11 is 0. The number of carbonyl (C=O) groups is 1. The van der Waals surface area contributed by atoms with Gasteiger partial charge >= 0.3 is 0 Å². The van der Waals surface area contributed by atoms with Crippen LogP contribution in [0.25, 0.3) is 0 Å². The Morgan fingerprint density at radius 1 is 1.47 bits per heavy atom. The normalized spacial score (nSPS) is 22.6. The van der Waals surface area contributed by atoms with Gasteiger partial charge in [-0.25, -0.2) is 0 Å². The van der Waals surface area contributed by atoms with Crippen molar-refractivity contribution in [2.75, 3.05) is 0 Å². The van der Waals surface area contributed by atoms with E-state index in [-0.39, 0.29) is 6.42 Å². The van der Waals surface area contributed by atoms with Crippen LogP contribution in [0, 0.1) is 0 Å². The molecule has 0 amide bonds. The number of hydrogen-bond donors (Lipinski definition) is 1. The molecule has 1 aliphatic rings. The standard InChI is InChI=1S/C15H20O2/c1-15(17,9-10-16)11-13-7-4-6-12-5-2-3-8-14(12)13/h2-3,5,8,10,13,17H,4,6-7,9,11H2,1H3. The summed E-state index contributed by atoms with van der Waals surface area (Å²) in [6.07, 6.45) is 5.16. The molecule has 17 heavy (non-hydrogen) atoms. The van der Waals surface area contributed by atoms with Gasteiger partial charge in [0.2, 0.25) is 0 Å². The number of fused-ring (bicyclic) bond motifs is 1. The highest BCUT2D eigenvalue weighted by Crippen LogP contribution is 2.37. The van der Waals surface area contributed by atoms with Crippen LogP contribution in [0.5, 0.6) is 0 Å². The van der Waals surface area contributed by atoms with E-state index in [1.807, 2.05) is 0 Å². The molecule has 0 aromatic heterocycles. The summed E-state index contributed by atoms with van der Waals surface area (Å²) in [7, 11) is 0. The summed E-state index contributed by atoms with van der Waals surface area (Å²) < 4.78 is 0. The number of carbonyl (C=O) groups excluding carboxylic acids is 1. The van der Waals surface area contributed by atoms with Crippen molar-refractivity contribution in [2.24, 2.45) is 0 Å². The fraction of sp³-hybridized carbons (Fsp3) is 0.533. The molecule has 0 bridgehead atoms. The molecule has 0 saturated heterocycles. The lowest BCUT2D eigenvalue weighted by molar-refractivity contribution is -0.112. The maximum atomic E-state index is 10.5. The SMILES string of the molecule is CC(O)(CC=O)CC1CCCc2ccccc21. The van der Waals surface area contributed by atoms with E-state index in [9.17, 15) is 9.90 Å². The summed E-state index contributed by atoms with van der Waals surface area (Å²) in [5, 5.41) is 10.2. The smallest absolute Gasteiger partial charge is 0.122 e. The van der Waals surface area contributed by atoms with Crippen LogP contribution in [0.3, 0.4) is 0 Å². The number of aliphatic hydroxyl groups is 1. The monoisotopic (exact) mass is 232 g/mol. The molecule has 1 N–H and O–H groups in total. The Balaban J connectivity index is 2.16. The van der Waals surface area contributed by atoms with Crippen LogP contribution in [-0.2, 0) is 11.2 Å². The molecule has 2 heteroatoms. The Morgan fingerprint density at radius 3 is 3.00 bits per heavy atom. The molecular formula is C15H20O2. The van der Waals surface area contributed by atoms with Crippen molar-refractivity contribution in [3.05, 3.63) is 35.4 Å². The van der Waals surface area contributed by atoms with Gasteiger partial charge in [-0.1, -0.05) is 24.3 Å². The molecule has 2 unspecified atom stereocenters. The molecule has 2 rings (SSSR count). The first-order chi connectivity index (χ1) is 8.12. The second-order valence-corrected chi connectivity index (χ2v) is 5.36. The van der Waals surface area contributed by atoms with Gasteiger partial charge in [-0.3, -0.25) is 0 Å². The van der Waals surface area contributed by atoms with E-state index >= 15 is 0 Å². The van der Waals surface area contributed by atoms with Crippen LogP contribution >= 0.6 is 0 Å². The predicted octanol–water partition coefficient (Wildman–Crippen LogP) is 2.84. The molecule has 0 aliphatic heterocycles. The highest BCUT2D eigenvalue weighted by molar-refractivity contribution is 5.51. The highest BCUT2D eigenvalue weighted by Gasteiger charge is 2.28. The Labute approximate surface area is 103 Å². The van der Waals surface area contributed by atoms with Crippen LogP contribution in [0.4, 0.5) is 0 Å². The Kier molecular flexibility index (Phi) is 3.63. The van der Waals surface area contributed by atoms with Gasteiger partial charge in [0.05, 0.1) is 5.60 Å². The molecule has 1 aromatic rings. The van der Waals surface area contributed by atoms with Crippen molar-refractivity contribution >= 4 is 6.29 Å². The third kappa shape index (κ3) is 2.95. The topological polar surface area (TPSA) is 37.3 Å². The second kappa shape index (κ2) is 5.01. The highest BCUT2D eigenvalue weighted by atomic mass is 16.3. The largest absolute Gasteiger partial charge is 0.390 e. The van der Waals surface area contributed by atoms with E-state index < -0.39 is 5.60 Å². The second-order valence-electron chi connectivity index (χ2n) is 5.36. The van der Waals surface area contributed by atoms with Gasteiger partial charge in [0.1, 0.15) is 6.29 Å². The fourth-order valence-electron chi connectivity index (χ4n) is 2.86. The first kappa shape index (κ1) is 12.3. The molecule has 0 saturated carbocycles. The van der Waals surface area contributed by atoms with Crippen LogP contribution in [-0.4, -0.2) is 17.0 Å². The van der Waals surface area contributed by atoms with Crippen molar-refractivity contribution in [1.82, 2.24) is 0 Å². The maximum Gasteiger partial charge on any atom is 0.122 e. The van der Waals surface area contributed by atoms with Crippen molar-refractivity contribution in [3.63, 3.8) is 0 Å².